The van der Waals surface area contributed by atoms with Gasteiger partial charge in [-0.25, -0.2) is 0 Å². The minimum atomic E-state index is 0.586. The Hall–Kier alpha value is -0.770. The van der Waals surface area contributed by atoms with Gasteiger partial charge in [0.1, 0.15) is 6.20 Å². The molecule has 0 atom stereocenters. The van der Waals surface area contributed by atoms with Crippen LogP contribution in [0.5, 0.6) is 0 Å². The molecule has 0 amide bonds. The number of halogens is 1. The first-order valence-corrected chi connectivity index (χ1v) is 3.63. The van der Waals surface area contributed by atoms with E-state index < -0.39 is 0 Å². The average Bonchev–Trinajstić information content (AvgIpc) is 1.82. The van der Waals surface area contributed by atoms with E-state index in [9.17, 15) is 0 Å². The van der Waals surface area contributed by atoms with Gasteiger partial charge in [0.15, 0.2) is 0 Å². The normalized spacial score (nSPS) is 9.80. The van der Waals surface area contributed by atoms with Crippen molar-refractivity contribution in [1.29, 1.82) is 0 Å². The molecule has 0 aliphatic rings. The highest BCUT2D eigenvalue weighted by Crippen LogP contribution is 2.11. The predicted octanol–water partition coefficient (Wildman–Crippen LogP) is 0.341. The topological polar surface area (TPSA) is 55.9 Å². The molecule has 0 saturated heterocycles. The number of rotatable bonds is 0. The summed E-state index contributed by atoms with van der Waals surface area (Å²) in [7, 11) is 0. The molecule has 1 rings (SSSR count). The molecule has 4 heteroatoms. The number of aromatic nitrogens is 1. The van der Waals surface area contributed by atoms with Gasteiger partial charge in [0.25, 0.3) is 5.82 Å². The van der Waals surface area contributed by atoms with Gasteiger partial charge >= 0.3 is 0 Å². The Kier molecular flexibility index (Phi) is 1.80. The van der Waals surface area contributed by atoms with Crippen LogP contribution in [-0.2, 0) is 0 Å². The molecule has 0 spiro atoms. The molecule has 0 radical (unpaired) electrons. The lowest BCUT2D eigenvalue weighted by atomic mass is 10.3. The first-order chi connectivity index (χ1) is 4.61. The van der Waals surface area contributed by atoms with Crippen LogP contribution in [0.2, 0.25) is 0 Å². The van der Waals surface area contributed by atoms with E-state index in [1.54, 1.807) is 6.20 Å². The van der Waals surface area contributed by atoms with Crippen molar-refractivity contribution >= 4 is 21.7 Å². The molecule has 54 valence electrons. The molecular weight excluding hydrogens is 194 g/mol. The predicted molar refractivity (Wildman–Crippen MR) is 43.6 cm³/mol. The third-order valence-electron chi connectivity index (χ3n) is 1.30. The molecule has 0 unspecified atom stereocenters. The third kappa shape index (κ3) is 1.21. The number of nitrogen functional groups attached to an aromatic ring is 2. The van der Waals surface area contributed by atoms with Gasteiger partial charge in [-0.2, -0.15) is 0 Å². The maximum Gasteiger partial charge on any atom is 0.298 e. The van der Waals surface area contributed by atoms with E-state index in [1.807, 2.05) is 13.0 Å². The highest BCUT2D eigenvalue weighted by molar-refractivity contribution is 9.10. The standard InChI is InChI=1S/C6H8BrN3/c1-4-2-5(7)3-10(9)6(4)8/h2-3,8H,9H2,1H3/p+1. The molecule has 0 aromatic carbocycles. The van der Waals surface area contributed by atoms with Gasteiger partial charge in [-0.3, -0.25) is 11.6 Å². The summed E-state index contributed by atoms with van der Waals surface area (Å²) in [4.78, 5) is 0. The number of anilines is 1. The van der Waals surface area contributed by atoms with E-state index in [0.717, 1.165) is 10.0 Å². The molecule has 0 saturated carbocycles. The molecule has 0 aliphatic heterocycles. The molecule has 1 aromatic rings. The number of aryl methyl sites for hydroxylation is 1. The maximum atomic E-state index is 5.57. The highest BCUT2D eigenvalue weighted by Gasteiger charge is 2.05. The van der Waals surface area contributed by atoms with Crippen LogP contribution in [-0.4, -0.2) is 0 Å². The van der Waals surface area contributed by atoms with Crippen molar-refractivity contribution in [2.75, 3.05) is 11.6 Å². The van der Waals surface area contributed by atoms with E-state index >= 15 is 0 Å². The van der Waals surface area contributed by atoms with E-state index in [2.05, 4.69) is 15.9 Å². The van der Waals surface area contributed by atoms with Crippen LogP contribution in [0.15, 0.2) is 16.7 Å². The van der Waals surface area contributed by atoms with Crippen molar-refractivity contribution in [3.63, 3.8) is 0 Å². The van der Waals surface area contributed by atoms with Crippen molar-refractivity contribution < 1.29 is 4.68 Å². The highest BCUT2D eigenvalue weighted by atomic mass is 79.9. The fourth-order valence-corrected chi connectivity index (χ4v) is 1.29. The maximum absolute atomic E-state index is 5.57. The molecule has 1 aromatic heterocycles. The van der Waals surface area contributed by atoms with Crippen LogP contribution in [0.1, 0.15) is 5.56 Å². The van der Waals surface area contributed by atoms with E-state index in [4.69, 9.17) is 11.6 Å². The minimum absolute atomic E-state index is 0.586. The van der Waals surface area contributed by atoms with Crippen molar-refractivity contribution in [2.45, 2.75) is 6.92 Å². The number of hydrogen-bond acceptors (Lipinski definition) is 2. The Morgan fingerprint density at radius 1 is 1.60 bits per heavy atom. The zero-order valence-corrected chi connectivity index (χ0v) is 7.22. The summed E-state index contributed by atoms with van der Waals surface area (Å²) in [5.41, 5.74) is 6.54. The van der Waals surface area contributed by atoms with Crippen LogP contribution < -0.4 is 16.3 Å². The summed E-state index contributed by atoms with van der Waals surface area (Å²) in [5, 5.41) is 0. The molecule has 3 nitrogen and oxygen atoms in total. The van der Waals surface area contributed by atoms with Gasteiger partial charge in [0.2, 0.25) is 0 Å². The molecule has 4 N–H and O–H groups in total. The lowest BCUT2D eigenvalue weighted by Crippen LogP contribution is -2.47. The van der Waals surface area contributed by atoms with Crippen molar-refractivity contribution in [1.82, 2.24) is 0 Å². The average molecular weight is 203 g/mol. The van der Waals surface area contributed by atoms with Crippen LogP contribution in [0.3, 0.4) is 0 Å². The summed E-state index contributed by atoms with van der Waals surface area (Å²) in [6.07, 6.45) is 1.71. The summed E-state index contributed by atoms with van der Waals surface area (Å²) < 4.78 is 2.32. The monoisotopic (exact) mass is 202 g/mol. The van der Waals surface area contributed by atoms with E-state index in [1.165, 1.54) is 4.68 Å². The number of hydrogen-bond donors (Lipinski definition) is 2. The minimum Gasteiger partial charge on any atom is -0.285 e. The Morgan fingerprint density at radius 2 is 2.20 bits per heavy atom. The lowest BCUT2D eigenvalue weighted by molar-refractivity contribution is -0.624. The summed E-state index contributed by atoms with van der Waals surface area (Å²) in [6.45, 7) is 1.91. The number of pyridine rings is 1. The fourth-order valence-electron chi connectivity index (χ4n) is 0.724. The quantitative estimate of drug-likeness (QED) is 0.472. The molecular formula is C6H9BrN3+. The van der Waals surface area contributed by atoms with Crippen LogP contribution >= 0.6 is 15.9 Å². The molecule has 10 heavy (non-hydrogen) atoms. The summed E-state index contributed by atoms with van der Waals surface area (Å²) in [5.74, 6) is 6.07. The number of nitrogens with zero attached hydrogens (tertiary/aromatic N) is 1. The smallest absolute Gasteiger partial charge is 0.285 e. The first-order valence-electron chi connectivity index (χ1n) is 2.83. The van der Waals surface area contributed by atoms with Crippen molar-refractivity contribution in [3.8, 4) is 0 Å². The zero-order valence-electron chi connectivity index (χ0n) is 5.63. The Morgan fingerprint density at radius 3 is 2.70 bits per heavy atom. The van der Waals surface area contributed by atoms with Gasteiger partial charge < -0.3 is 0 Å². The zero-order chi connectivity index (χ0) is 7.72. The second kappa shape index (κ2) is 2.46. The van der Waals surface area contributed by atoms with Crippen LogP contribution in [0.25, 0.3) is 0 Å². The lowest BCUT2D eigenvalue weighted by Gasteiger charge is -1.98. The van der Waals surface area contributed by atoms with Gasteiger partial charge in [0.05, 0.1) is 4.47 Å². The largest absolute Gasteiger partial charge is 0.298 e. The second-order valence-electron chi connectivity index (χ2n) is 2.13. The van der Waals surface area contributed by atoms with Crippen molar-refractivity contribution in [3.05, 3.63) is 22.3 Å². The molecule has 0 fully saturated rings. The summed E-state index contributed by atoms with van der Waals surface area (Å²) >= 11 is 3.29. The second-order valence-corrected chi connectivity index (χ2v) is 3.05. The molecule has 0 bridgehead atoms. The van der Waals surface area contributed by atoms with Crippen LogP contribution in [0, 0.1) is 6.92 Å². The Bertz CT molecular complexity index is 236. The SMILES string of the molecule is Cc1cc(Br)c[n+](N)c1N. The summed E-state index contributed by atoms with van der Waals surface area (Å²) in [6, 6.07) is 1.92. The van der Waals surface area contributed by atoms with E-state index in [0.29, 0.717) is 5.82 Å². The molecule has 1 heterocycles. The van der Waals surface area contributed by atoms with Crippen LogP contribution in [0.4, 0.5) is 5.82 Å². The third-order valence-corrected chi connectivity index (χ3v) is 1.73. The number of nitrogens with two attached hydrogens (primary N) is 2. The first kappa shape index (κ1) is 7.34. The van der Waals surface area contributed by atoms with E-state index in [-0.39, 0.29) is 0 Å². The Labute approximate surface area is 67.7 Å². The van der Waals surface area contributed by atoms with Crippen molar-refractivity contribution in [2.24, 2.45) is 0 Å². The Balaban J connectivity index is 3.31. The fraction of sp³-hybridized carbons (Fsp3) is 0.167. The van der Waals surface area contributed by atoms with Gasteiger partial charge in [-0.15, -0.1) is 4.68 Å². The van der Waals surface area contributed by atoms with Gasteiger partial charge in [0, 0.05) is 5.56 Å². The van der Waals surface area contributed by atoms with Gasteiger partial charge in [-0.1, -0.05) is 0 Å². The van der Waals surface area contributed by atoms with Gasteiger partial charge in [-0.05, 0) is 28.9 Å². The molecule has 0 aliphatic carbocycles.